The minimum absolute atomic E-state index is 0.0425. The number of amides is 2. The minimum atomic E-state index is -0.453. The van der Waals surface area contributed by atoms with E-state index < -0.39 is 11.7 Å². The molecule has 2 aliphatic rings. The van der Waals surface area contributed by atoms with Crippen molar-refractivity contribution in [2.45, 2.75) is 70.5 Å². The molecule has 1 fully saturated rings. The van der Waals surface area contributed by atoms with Gasteiger partial charge >= 0.3 is 0 Å². The lowest BCUT2D eigenvalue weighted by atomic mass is 9.99. The largest absolute Gasteiger partial charge is 0.344 e. The van der Waals surface area contributed by atoms with Crippen LogP contribution in [0.3, 0.4) is 0 Å². The second-order valence-electron chi connectivity index (χ2n) is 7.06. The lowest BCUT2D eigenvalue weighted by Crippen LogP contribution is -2.52. The van der Waals surface area contributed by atoms with E-state index in [1.807, 2.05) is 18.7 Å². The van der Waals surface area contributed by atoms with Gasteiger partial charge in [-0.3, -0.25) is 9.59 Å². The molecule has 0 aromatic heterocycles. The standard InChI is InChI=1S/C18H28N4O2/c1-4-5-10-18(20-21-18)11-9-15(23)19-16(14(2)3)17(24)22-12-7-6-8-13-22/h1,14,16H,5-13H2,2-3H3,(H,19,23). The molecule has 0 aliphatic carbocycles. The molecule has 2 heterocycles. The van der Waals surface area contributed by atoms with Gasteiger partial charge in [-0.1, -0.05) is 13.8 Å². The second kappa shape index (κ2) is 8.27. The van der Waals surface area contributed by atoms with E-state index in [-0.39, 0.29) is 17.7 Å². The number of nitrogens with one attached hydrogen (secondary N) is 1. The van der Waals surface area contributed by atoms with Crippen LogP contribution >= 0.6 is 0 Å². The molecule has 0 spiro atoms. The molecule has 2 amide bonds. The van der Waals surface area contributed by atoms with Gasteiger partial charge in [0.05, 0.1) is 0 Å². The average Bonchev–Trinajstić information content (AvgIpc) is 3.36. The maximum absolute atomic E-state index is 12.7. The van der Waals surface area contributed by atoms with E-state index in [0.29, 0.717) is 25.7 Å². The van der Waals surface area contributed by atoms with Crippen LogP contribution in [-0.4, -0.2) is 41.5 Å². The molecular weight excluding hydrogens is 304 g/mol. The van der Waals surface area contributed by atoms with Crippen LogP contribution in [0.2, 0.25) is 0 Å². The Morgan fingerprint density at radius 1 is 1.21 bits per heavy atom. The number of rotatable bonds is 8. The van der Waals surface area contributed by atoms with Crippen LogP contribution in [0, 0.1) is 18.3 Å². The summed E-state index contributed by atoms with van der Waals surface area (Å²) in [5.41, 5.74) is -0.450. The topological polar surface area (TPSA) is 74.1 Å². The molecule has 6 heteroatoms. The highest BCUT2D eigenvalue weighted by Gasteiger charge is 2.39. The summed E-state index contributed by atoms with van der Waals surface area (Å²) in [5, 5.41) is 11.0. The van der Waals surface area contributed by atoms with E-state index in [9.17, 15) is 9.59 Å². The molecular formula is C18H28N4O2. The summed E-state index contributed by atoms with van der Waals surface area (Å²) in [6, 6.07) is -0.453. The molecule has 1 atom stereocenters. The van der Waals surface area contributed by atoms with Crippen molar-refractivity contribution < 1.29 is 9.59 Å². The van der Waals surface area contributed by atoms with Crippen LogP contribution < -0.4 is 5.32 Å². The Kier molecular flexibility index (Phi) is 6.36. The number of carbonyl (C=O) groups is 2. The number of likely N-dealkylation sites (tertiary alicyclic amines) is 1. The van der Waals surface area contributed by atoms with Crippen molar-refractivity contribution in [3.63, 3.8) is 0 Å². The Morgan fingerprint density at radius 3 is 2.42 bits per heavy atom. The predicted octanol–water partition coefficient (Wildman–Crippen LogP) is 2.50. The van der Waals surface area contributed by atoms with E-state index in [1.165, 1.54) is 6.42 Å². The van der Waals surface area contributed by atoms with Gasteiger partial charge in [0.15, 0.2) is 5.66 Å². The molecule has 0 aromatic carbocycles. The van der Waals surface area contributed by atoms with Crippen LogP contribution in [0.4, 0.5) is 0 Å². The van der Waals surface area contributed by atoms with Crippen LogP contribution in [-0.2, 0) is 9.59 Å². The summed E-state index contributed by atoms with van der Waals surface area (Å²) in [5.74, 6) is 2.57. The third-order valence-electron chi connectivity index (χ3n) is 4.72. The number of carbonyl (C=O) groups excluding carboxylic acids is 2. The third-order valence-corrected chi connectivity index (χ3v) is 4.72. The van der Waals surface area contributed by atoms with Crippen molar-refractivity contribution in [3.8, 4) is 12.3 Å². The Labute approximate surface area is 144 Å². The number of nitrogens with zero attached hydrogens (tertiary/aromatic N) is 3. The van der Waals surface area contributed by atoms with Gasteiger partial charge in [-0.2, -0.15) is 10.2 Å². The molecule has 1 unspecified atom stereocenters. The highest BCUT2D eigenvalue weighted by atomic mass is 16.2. The molecule has 24 heavy (non-hydrogen) atoms. The maximum atomic E-state index is 12.7. The van der Waals surface area contributed by atoms with Gasteiger partial charge in [-0.25, -0.2) is 0 Å². The van der Waals surface area contributed by atoms with Crippen molar-refractivity contribution in [1.29, 1.82) is 0 Å². The van der Waals surface area contributed by atoms with E-state index in [1.54, 1.807) is 0 Å². The van der Waals surface area contributed by atoms with Crippen molar-refractivity contribution in [3.05, 3.63) is 0 Å². The summed E-state index contributed by atoms with van der Waals surface area (Å²) < 4.78 is 0. The molecule has 0 aromatic rings. The van der Waals surface area contributed by atoms with E-state index in [4.69, 9.17) is 6.42 Å². The summed E-state index contributed by atoms with van der Waals surface area (Å²) in [6.45, 7) is 5.52. The van der Waals surface area contributed by atoms with Crippen molar-refractivity contribution in [1.82, 2.24) is 10.2 Å². The van der Waals surface area contributed by atoms with Crippen molar-refractivity contribution >= 4 is 11.8 Å². The summed E-state index contributed by atoms with van der Waals surface area (Å²) in [6.07, 6.45) is 10.7. The first-order valence-corrected chi connectivity index (χ1v) is 8.93. The van der Waals surface area contributed by atoms with E-state index in [2.05, 4.69) is 21.5 Å². The third kappa shape index (κ3) is 5.05. The number of hydrogen-bond acceptors (Lipinski definition) is 4. The van der Waals surface area contributed by atoms with Gasteiger partial charge in [-0.05, 0) is 25.2 Å². The Balaban J connectivity index is 1.82. The van der Waals surface area contributed by atoms with Gasteiger partial charge in [-0.15, -0.1) is 12.3 Å². The second-order valence-corrected chi connectivity index (χ2v) is 7.06. The highest BCUT2D eigenvalue weighted by Crippen LogP contribution is 2.37. The van der Waals surface area contributed by atoms with Crippen LogP contribution in [0.25, 0.3) is 0 Å². The van der Waals surface area contributed by atoms with Crippen molar-refractivity contribution in [2.75, 3.05) is 13.1 Å². The normalized spacial score (nSPS) is 19.7. The lowest BCUT2D eigenvalue weighted by molar-refractivity contribution is -0.138. The van der Waals surface area contributed by atoms with Gasteiger partial charge in [0, 0.05) is 38.8 Å². The molecule has 0 radical (unpaired) electrons. The predicted molar refractivity (Wildman–Crippen MR) is 92.1 cm³/mol. The Bertz CT molecular complexity index is 524. The first-order chi connectivity index (χ1) is 11.5. The average molecular weight is 332 g/mol. The highest BCUT2D eigenvalue weighted by molar-refractivity contribution is 5.88. The zero-order valence-corrected chi connectivity index (χ0v) is 14.8. The van der Waals surface area contributed by atoms with Gasteiger partial charge < -0.3 is 10.2 Å². The number of piperidine rings is 1. The lowest BCUT2D eigenvalue weighted by Gasteiger charge is -2.32. The van der Waals surface area contributed by atoms with E-state index >= 15 is 0 Å². The molecule has 2 rings (SSSR count). The fourth-order valence-electron chi connectivity index (χ4n) is 3.05. The molecule has 0 bridgehead atoms. The van der Waals surface area contributed by atoms with Gasteiger partial charge in [0.1, 0.15) is 6.04 Å². The van der Waals surface area contributed by atoms with E-state index in [0.717, 1.165) is 25.9 Å². The maximum Gasteiger partial charge on any atom is 0.245 e. The quantitative estimate of drug-likeness (QED) is 0.694. The van der Waals surface area contributed by atoms with Crippen LogP contribution in [0.1, 0.15) is 58.8 Å². The summed E-state index contributed by atoms with van der Waals surface area (Å²) >= 11 is 0. The smallest absolute Gasteiger partial charge is 0.245 e. The zero-order chi connectivity index (χ0) is 17.6. The number of hydrogen-bond donors (Lipinski definition) is 1. The fraction of sp³-hybridized carbons (Fsp3) is 0.778. The first kappa shape index (κ1) is 18.4. The molecule has 132 valence electrons. The fourth-order valence-corrected chi connectivity index (χ4v) is 3.05. The number of terminal acetylenes is 1. The monoisotopic (exact) mass is 332 g/mol. The SMILES string of the molecule is C#CCCC1(CCC(=O)NC(C(=O)N2CCCCC2)C(C)C)N=N1. The van der Waals surface area contributed by atoms with Gasteiger partial charge in [0.25, 0.3) is 0 Å². The molecule has 0 saturated carbocycles. The Morgan fingerprint density at radius 2 is 1.88 bits per heavy atom. The summed E-state index contributed by atoms with van der Waals surface area (Å²) in [4.78, 5) is 26.9. The molecule has 6 nitrogen and oxygen atoms in total. The summed E-state index contributed by atoms with van der Waals surface area (Å²) in [7, 11) is 0. The zero-order valence-electron chi connectivity index (χ0n) is 14.8. The van der Waals surface area contributed by atoms with Crippen LogP contribution in [0.15, 0.2) is 10.2 Å². The molecule has 1 N–H and O–H groups in total. The first-order valence-electron chi connectivity index (χ1n) is 8.93. The van der Waals surface area contributed by atoms with Gasteiger partial charge in [0.2, 0.25) is 11.8 Å². The minimum Gasteiger partial charge on any atom is -0.344 e. The van der Waals surface area contributed by atoms with Crippen molar-refractivity contribution in [2.24, 2.45) is 16.1 Å². The molecule has 1 saturated heterocycles. The van der Waals surface area contributed by atoms with Crippen LogP contribution in [0.5, 0.6) is 0 Å². The Hall–Kier alpha value is -1.90. The molecule has 2 aliphatic heterocycles.